The Balaban J connectivity index is 2.10. The molecule has 1 heterocycles. The van der Waals surface area contributed by atoms with Crippen molar-refractivity contribution in [2.24, 2.45) is 5.92 Å². The smallest absolute Gasteiger partial charge is 0.325 e. The van der Waals surface area contributed by atoms with Gasteiger partial charge in [-0.15, -0.1) is 0 Å². The average molecular weight is 280 g/mol. The van der Waals surface area contributed by atoms with E-state index in [1.807, 2.05) is 30.3 Å². The third kappa shape index (κ3) is 2.97. The molecule has 1 fully saturated rings. The van der Waals surface area contributed by atoms with Crippen molar-refractivity contribution in [1.29, 1.82) is 0 Å². The minimum absolute atomic E-state index is 0.263. The summed E-state index contributed by atoms with van der Waals surface area (Å²) in [4.78, 5) is 23.3. The maximum absolute atomic E-state index is 11.7. The second kappa shape index (κ2) is 6.49. The summed E-state index contributed by atoms with van der Waals surface area (Å²) in [6.07, 6.45) is -1.32. The van der Waals surface area contributed by atoms with Crippen molar-refractivity contribution in [3.8, 4) is 0 Å². The molecular formula is C14H16O6. The highest BCUT2D eigenvalue weighted by atomic mass is 16.7. The predicted octanol–water partition coefficient (Wildman–Crippen LogP) is 1.06. The number of hydrogen-bond donors (Lipinski definition) is 0. The van der Waals surface area contributed by atoms with Crippen molar-refractivity contribution in [3.05, 3.63) is 35.9 Å². The Hall–Kier alpha value is -1.92. The summed E-state index contributed by atoms with van der Waals surface area (Å²) in [5.74, 6) is -2.72. The maximum atomic E-state index is 11.7. The largest absolute Gasteiger partial charge is 0.468 e. The normalized spacial score (nSPS) is 21.8. The van der Waals surface area contributed by atoms with Gasteiger partial charge in [-0.3, -0.25) is 9.59 Å². The van der Waals surface area contributed by atoms with Crippen LogP contribution in [0.3, 0.4) is 0 Å². The molecule has 0 bridgehead atoms. The third-order valence-electron chi connectivity index (χ3n) is 3.06. The summed E-state index contributed by atoms with van der Waals surface area (Å²) >= 11 is 0. The summed E-state index contributed by atoms with van der Waals surface area (Å²) < 4.78 is 20.2. The Morgan fingerprint density at radius 1 is 1.15 bits per heavy atom. The fraction of sp³-hybridized carbons (Fsp3) is 0.429. The Morgan fingerprint density at radius 2 is 1.75 bits per heavy atom. The van der Waals surface area contributed by atoms with E-state index >= 15 is 0 Å². The Morgan fingerprint density at radius 3 is 2.30 bits per heavy atom. The zero-order valence-electron chi connectivity index (χ0n) is 11.3. The van der Waals surface area contributed by atoms with Crippen LogP contribution in [-0.4, -0.2) is 39.1 Å². The average Bonchev–Trinajstić information content (AvgIpc) is 2.97. The minimum Gasteiger partial charge on any atom is -0.468 e. The van der Waals surface area contributed by atoms with Crippen molar-refractivity contribution >= 4 is 11.9 Å². The van der Waals surface area contributed by atoms with E-state index in [9.17, 15) is 9.59 Å². The van der Waals surface area contributed by atoms with E-state index in [0.29, 0.717) is 0 Å². The van der Waals surface area contributed by atoms with E-state index < -0.39 is 24.1 Å². The third-order valence-corrected chi connectivity index (χ3v) is 3.06. The Labute approximate surface area is 116 Å². The standard InChI is InChI=1S/C14H16O6/c1-17-12(15)11(13(16)18-2)14-19-8-10(20-14)9-6-4-3-5-7-9/h3-7,10-11,14H,8H2,1-2H3. The molecule has 108 valence electrons. The fourth-order valence-electron chi connectivity index (χ4n) is 2.01. The van der Waals surface area contributed by atoms with Crippen molar-refractivity contribution in [2.45, 2.75) is 12.4 Å². The molecule has 20 heavy (non-hydrogen) atoms. The second-order valence-electron chi connectivity index (χ2n) is 4.26. The first kappa shape index (κ1) is 14.5. The topological polar surface area (TPSA) is 71.1 Å². The van der Waals surface area contributed by atoms with Crippen LogP contribution < -0.4 is 0 Å². The van der Waals surface area contributed by atoms with Crippen LogP contribution in [0, 0.1) is 5.92 Å². The summed E-state index contributed by atoms with van der Waals surface area (Å²) in [7, 11) is 2.39. The molecule has 0 saturated carbocycles. The molecule has 2 atom stereocenters. The molecule has 0 radical (unpaired) electrons. The molecule has 6 heteroatoms. The van der Waals surface area contributed by atoms with Crippen molar-refractivity contribution in [1.82, 2.24) is 0 Å². The van der Waals surface area contributed by atoms with E-state index in [-0.39, 0.29) is 12.7 Å². The van der Waals surface area contributed by atoms with Gasteiger partial charge in [-0.05, 0) is 5.56 Å². The van der Waals surface area contributed by atoms with Gasteiger partial charge in [0.25, 0.3) is 0 Å². The monoisotopic (exact) mass is 280 g/mol. The van der Waals surface area contributed by atoms with Crippen molar-refractivity contribution in [2.75, 3.05) is 20.8 Å². The number of hydrogen-bond acceptors (Lipinski definition) is 6. The molecule has 0 amide bonds. The molecule has 0 spiro atoms. The molecule has 1 aliphatic rings. The van der Waals surface area contributed by atoms with Crippen molar-refractivity contribution in [3.63, 3.8) is 0 Å². The number of benzene rings is 1. The van der Waals surface area contributed by atoms with Gasteiger partial charge in [-0.2, -0.15) is 0 Å². The van der Waals surface area contributed by atoms with Crippen LogP contribution in [0.25, 0.3) is 0 Å². The quantitative estimate of drug-likeness (QED) is 0.606. The lowest BCUT2D eigenvalue weighted by molar-refractivity contribution is -0.179. The van der Waals surface area contributed by atoms with Crippen LogP contribution in [0.4, 0.5) is 0 Å². The number of rotatable bonds is 4. The van der Waals surface area contributed by atoms with Crippen LogP contribution in [0.5, 0.6) is 0 Å². The summed E-state index contributed by atoms with van der Waals surface area (Å²) in [6.45, 7) is 0.263. The van der Waals surface area contributed by atoms with Gasteiger partial charge in [-0.1, -0.05) is 30.3 Å². The lowest BCUT2D eigenvalue weighted by Gasteiger charge is -2.18. The van der Waals surface area contributed by atoms with Gasteiger partial charge in [0.05, 0.1) is 20.8 Å². The van der Waals surface area contributed by atoms with Gasteiger partial charge in [-0.25, -0.2) is 0 Å². The van der Waals surface area contributed by atoms with Crippen LogP contribution in [0.1, 0.15) is 11.7 Å². The molecule has 1 aromatic rings. The lowest BCUT2D eigenvalue weighted by Crippen LogP contribution is -2.37. The van der Waals surface area contributed by atoms with Gasteiger partial charge in [0.2, 0.25) is 5.92 Å². The van der Waals surface area contributed by atoms with Crippen LogP contribution >= 0.6 is 0 Å². The van der Waals surface area contributed by atoms with E-state index in [2.05, 4.69) is 9.47 Å². The highest BCUT2D eigenvalue weighted by Crippen LogP contribution is 2.30. The van der Waals surface area contributed by atoms with Crippen molar-refractivity contribution < 1.29 is 28.5 Å². The first-order chi connectivity index (χ1) is 9.67. The molecule has 6 nitrogen and oxygen atoms in total. The zero-order chi connectivity index (χ0) is 14.5. The highest BCUT2D eigenvalue weighted by molar-refractivity contribution is 5.95. The number of carbonyl (C=O) groups is 2. The first-order valence-electron chi connectivity index (χ1n) is 6.15. The zero-order valence-corrected chi connectivity index (χ0v) is 11.3. The van der Waals surface area contributed by atoms with E-state index in [1.54, 1.807) is 0 Å². The molecule has 0 aromatic heterocycles. The summed E-state index contributed by atoms with van der Waals surface area (Å²) in [6, 6.07) is 9.43. The van der Waals surface area contributed by atoms with Gasteiger partial charge >= 0.3 is 11.9 Å². The Bertz CT molecular complexity index is 456. The van der Waals surface area contributed by atoms with Crippen LogP contribution in [-0.2, 0) is 28.5 Å². The minimum atomic E-state index is -1.24. The summed E-state index contributed by atoms with van der Waals surface area (Å²) in [5, 5.41) is 0. The number of methoxy groups -OCH3 is 2. The molecule has 1 aromatic carbocycles. The fourth-order valence-corrected chi connectivity index (χ4v) is 2.01. The highest BCUT2D eigenvalue weighted by Gasteiger charge is 2.43. The molecule has 1 saturated heterocycles. The summed E-state index contributed by atoms with van der Waals surface area (Å²) in [5.41, 5.74) is 0.920. The Kier molecular flexibility index (Phi) is 4.70. The van der Waals surface area contributed by atoms with E-state index in [0.717, 1.165) is 5.56 Å². The lowest BCUT2D eigenvalue weighted by atomic mass is 10.1. The molecule has 0 aliphatic carbocycles. The SMILES string of the molecule is COC(=O)C(C(=O)OC)C1OCC(c2ccccc2)O1. The van der Waals surface area contributed by atoms with Gasteiger partial charge in [0.15, 0.2) is 6.29 Å². The molecule has 2 rings (SSSR count). The number of carbonyl (C=O) groups excluding carboxylic acids is 2. The number of ether oxygens (including phenoxy) is 4. The van der Waals surface area contributed by atoms with E-state index in [1.165, 1.54) is 14.2 Å². The molecular weight excluding hydrogens is 264 g/mol. The molecule has 0 N–H and O–H groups in total. The van der Waals surface area contributed by atoms with Gasteiger partial charge in [0, 0.05) is 0 Å². The van der Waals surface area contributed by atoms with Crippen LogP contribution in [0.2, 0.25) is 0 Å². The van der Waals surface area contributed by atoms with Gasteiger partial charge < -0.3 is 18.9 Å². The first-order valence-corrected chi connectivity index (χ1v) is 6.15. The predicted molar refractivity (Wildman–Crippen MR) is 67.5 cm³/mol. The van der Waals surface area contributed by atoms with Crippen LogP contribution in [0.15, 0.2) is 30.3 Å². The van der Waals surface area contributed by atoms with Gasteiger partial charge in [0.1, 0.15) is 6.10 Å². The molecule has 1 aliphatic heterocycles. The molecule has 2 unspecified atom stereocenters. The van der Waals surface area contributed by atoms with E-state index in [4.69, 9.17) is 9.47 Å². The number of esters is 2. The maximum Gasteiger partial charge on any atom is 0.325 e. The second-order valence-corrected chi connectivity index (χ2v) is 4.26.